The molecule has 1 rings (SSSR count). The van der Waals surface area contributed by atoms with Crippen LogP contribution in [0.1, 0.15) is 39.7 Å². The van der Waals surface area contributed by atoms with Crippen molar-refractivity contribution in [3.8, 4) is 0 Å². The van der Waals surface area contributed by atoms with Crippen LogP contribution in [0.2, 0.25) is 0 Å². The molecule has 2 nitrogen and oxygen atoms in total. The Morgan fingerprint density at radius 2 is 1.88 bits per heavy atom. The van der Waals surface area contributed by atoms with Gasteiger partial charge in [0.1, 0.15) is 3.70 Å². The van der Waals surface area contributed by atoms with Crippen LogP contribution in [-0.4, -0.2) is 17.6 Å². The summed E-state index contributed by atoms with van der Waals surface area (Å²) in [5, 5.41) is 3.36. The molecule has 0 bridgehead atoms. The molecule has 0 fully saturated rings. The van der Waals surface area contributed by atoms with Crippen molar-refractivity contribution >= 4 is 22.6 Å². The van der Waals surface area contributed by atoms with Crippen LogP contribution in [0.5, 0.6) is 0 Å². The van der Waals surface area contributed by atoms with Crippen LogP contribution in [0.25, 0.3) is 0 Å². The Kier molecular flexibility index (Phi) is 4.35. The summed E-state index contributed by atoms with van der Waals surface area (Å²) in [7, 11) is 2.02. The number of aromatic nitrogens is 1. The smallest absolute Gasteiger partial charge is 0.101 e. The van der Waals surface area contributed by atoms with Gasteiger partial charge in [0.25, 0.3) is 0 Å². The van der Waals surface area contributed by atoms with Crippen LogP contribution in [0.3, 0.4) is 0 Å². The number of hydrogen-bond acceptors (Lipinski definition) is 2. The third-order valence-corrected chi connectivity index (χ3v) is 3.71. The summed E-state index contributed by atoms with van der Waals surface area (Å²) in [6.07, 6.45) is 3.08. The van der Waals surface area contributed by atoms with Gasteiger partial charge >= 0.3 is 0 Å². The maximum atomic E-state index is 4.37. The van der Waals surface area contributed by atoms with Gasteiger partial charge in [-0.05, 0) is 67.0 Å². The molecule has 1 aromatic rings. The molecule has 1 aromatic heterocycles. The largest absolute Gasteiger partial charge is 0.315 e. The molecular weight excluding hydrogens is 311 g/mol. The molecule has 3 heteroatoms. The number of rotatable bonds is 4. The highest BCUT2D eigenvalue weighted by molar-refractivity contribution is 14.1. The van der Waals surface area contributed by atoms with Crippen LogP contribution >= 0.6 is 22.6 Å². The number of hydrogen-bond donors (Lipinski definition) is 1. The molecule has 0 radical (unpaired) electrons. The van der Waals surface area contributed by atoms with Gasteiger partial charge in [-0.3, -0.25) is 4.98 Å². The minimum atomic E-state index is 0.143. The van der Waals surface area contributed by atoms with Crippen molar-refractivity contribution in [1.82, 2.24) is 10.3 Å². The van der Waals surface area contributed by atoms with Crippen LogP contribution in [0, 0.1) is 3.70 Å². The van der Waals surface area contributed by atoms with Gasteiger partial charge in [0.05, 0.1) is 0 Å². The Labute approximate surface area is 112 Å². The normalized spacial score (nSPS) is 12.9. The zero-order valence-electron chi connectivity index (χ0n) is 10.8. The molecule has 0 spiro atoms. The highest BCUT2D eigenvalue weighted by Crippen LogP contribution is 2.31. The van der Waals surface area contributed by atoms with Crippen LogP contribution < -0.4 is 5.32 Å². The summed E-state index contributed by atoms with van der Waals surface area (Å²) in [5.41, 5.74) is 1.59. The molecule has 0 aromatic carbocycles. The van der Waals surface area contributed by atoms with Gasteiger partial charge in [-0.2, -0.15) is 0 Å². The van der Waals surface area contributed by atoms with Gasteiger partial charge in [-0.15, -0.1) is 0 Å². The first-order chi connectivity index (χ1) is 7.27. The van der Waals surface area contributed by atoms with E-state index in [1.165, 1.54) is 5.56 Å². The molecule has 16 heavy (non-hydrogen) atoms. The third-order valence-electron chi connectivity index (χ3n) is 3.07. The first kappa shape index (κ1) is 13.9. The van der Waals surface area contributed by atoms with Gasteiger partial charge in [0, 0.05) is 11.7 Å². The molecule has 0 aliphatic rings. The Bertz CT molecular complexity index is 341. The fraction of sp³-hybridized carbons (Fsp3) is 0.615. The predicted molar refractivity (Wildman–Crippen MR) is 77.7 cm³/mol. The molecule has 0 saturated heterocycles. The summed E-state index contributed by atoms with van der Waals surface area (Å²) >= 11 is 2.24. The summed E-state index contributed by atoms with van der Waals surface area (Å²) < 4.78 is 1.05. The van der Waals surface area contributed by atoms with E-state index in [9.17, 15) is 0 Å². The van der Waals surface area contributed by atoms with Crippen LogP contribution in [0.15, 0.2) is 18.3 Å². The zero-order valence-corrected chi connectivity index (χ0v) is 12.9. The van der Waals surface area contributed by atoms with E-state index in [1.807, 2.05) is 13.2 Å². The molecule has 0 saturated carbocycles. The van der Waals surface area contributed by atoms with E-state index in [0.29, 0.717) is 0 Å². The molecule has 0 aliphatic carbocycles. The van der Waals surface area contributed by atoms with E-state index >= 15 is 0 Å². The molecular formula is C13H21IN2. The molecule has 1 heterocycles. The summed E-state index contributed by atoms with van der Waals surface area (Å²) in [6.45, 7) is 9.01. The zero-order chi connectivity index (χ0) is 12.4. The average molecular weight is 332 g/mol. The third kappa shape index (κ3) is 3.70. The number of halogens is 1. The Morgan fingerprint density at radius 3 is 2.31 bits per heavy atom. The fourth-order valence-electron chi connectivity index (χ4n) is 2.07. The van der Waals surface area contributed by atoms with Crippen LogP contribution in [-0.2, 0) is 5.41 Å². The molecule has 90 valence electrons. The van der Waals surface area contributed by atoms with Gasteiger partial charge in [-0.25, -0.2) is 0 Å². The summed E-state index contributed by atoms with van der Waals surface area (Å²) in [6, 6.07) is 4.25. The second kappa shape index (κ2) is 5.00. The molecule has 0 unspecified atom stereocenters. The molecule has 0 aliphatic heterocycles. The topological polar surface area (TPSA) is 24.9 Å². The second-order valence-electron chi connectivity index (χ2n) is 5.56. The first-order valence-electron chi connectivity index (χ1n) is 5.58. The summed E-state index contributed by atoms with van der Waals surface area (Å²) in [4.78, 5) is 4.37. The Hall–Kier alpha value is -0.160. The van der Waals surface area contributed by atoms with Gasteiger partial charge in [0.2, 0.25) is 0 Å². The average Bonchev–Trinajstić information content (AvgIpc) is 2.17. The van der Waals surface area contributed by atoms with E-state index < -0.39 is 0 Å². The lowest BCUT2D eigenvalue weighted by molar-refractivity contribution is 0.304. The van der Waals surface area contributed by atoms with Crippen molar-refractivity contribution < 1.29 is 0 Å². The van der Waals surface area contributed by atoms with E-state index in [1.54, 1.807) is 0 Å². The monoisotopic (exact) mass is 332 g/mol. The highest BCUT2D eigenvalue weighted by atomic mass is 127. The lowest BCUT2D eigenvalue weighted by Crippen LogP contribution is -2.41. The minimum absolute atomic E-state index is 0.143. The van der Waals surface area contributed by atoms with Gasteiger partial charge in [-0.1, -0.05) is 19.9 Å². The number of nitrogens with zero attached hydrogens (tertiary/aromatic N) is 1. The van der Waals surface area contributed by atoms with Crippen molar-refractivity contribution in [2.24, 2.45) is 0 Å². The summed E-state index contributed by atoms with van der Waals surface area (Å²) in [5.74, 6) is 0. The van der Waals surface area contributed by atoms with Crippen molar-refractivity contribution in [3.05, 3.63) is 27.6 Å². The fourth-order valence-corrected chi connectivity index (χ4v) is 2.39. The van der Waals surface area contributed by atoms with Gasteiger partial charge in [0.15, 0.2) is 0 Å². The maximum Gasteiger partial charge on any atom is 0.101 e. The first-order valence-corrected chi connectivity index (χ1v) is 6.66. The molecule has 0 amide bonds. The van der Waals surface area contributed by atoms with E-state index in [2.05, 4.69) is 72.7 Å². The van der Waals surface area contributed by atoms with Crippen molar-refractivity contribution in [1.29, 1.82) is 0 Å². The van der Waals surface area contributed by atoms with Crippen LogP contribution in [0.4, 0.5) is 0 Å². The Morgan fingerprint density at radius 1 is 1.25 bits per heavy atom. The second-order valence-corrected chi connectivity index (χ2v) is 6.67. The maximum absolute atomic E-state index is 4.37. The number of nitrogens with one attached hydrogen (secondary N) is 1. The van der Waals surface area contributed by atoms with Crippen molar-refractivity contribution in [2.45, 2.75) is 45.1 Å². The highest BCUT2D eigenvalue weighted by Gasteiger charge is 2.29. The van der Waals surface area contributed by atoms with Crippen molar-refractivity contribution in [2.75, 3.05) is 7.05 Å². The molecule has 0 atom stereocenters. The van der Waals surface area contributed by atoms with Crippen molar-refractivity contribution in [3.63, 3.8) is 0 Å². The number of pyridine rings is 1. The van der Waals surface area contributed by atoms with Gasteiger partial charge < -0.3 is 5.32 Å². The SMILES string of the molecule is CNC(C)(C)CC(C)(C)c1ccc(I)nc1. The standard InChI is InChI=1S/C13H21IN2/c1-12(2,9-13(3,4)15-5)10-6-7-11(14)16-8-10/h6-8,15H,9H2,1-5H3. The lowest BCUT2D eigenvalue weighted by atomic mass is 9.76. The molecule has 1 N–H and O–H groups in total. The minimum Gasteiger partial charge on any atom is -0.315 e. The van der Waals surface area contributed by atoms with E-state index in [-0.39, 0.29) is 11.0 Å². The predicted octanol–water partition coefficient (Wildman–Crippen LogP) is 3.35. The Balaban J connectivity index is 2.89. The lowest BCUT2D eigenvalue weighted by Gasteiger charge is -2.35. The van der Waals surface area contributed by atoms with E-state index in [4.69, 9.17) is 0 Å². The van der Waals surface area contributed by atoms with E-state index in [0.717, 1.165) is 10.1 Å². The quantitative estimate of drug-likeness (QED) is 0.676.